The molecule has 2 aliphatic rings. The smallest absolute Gasteiger partial charge is 0.308 e. The number of hydrogen-bond acceptors (Lipinski definition) is 8. The first-order chi connectivity index (χ1) is 14.8. The largest absolute Gasteiger partial charge is 0.463 e. The van der Waals surface area contributed by atoms with Crippen molar-refractivity contribution in [3.8, 4) is 0 Å². The number of hydrogen-bond donors (Lipinski definition) is 2. The molecule has 0 unspecified atom stereocenters. The molecule has 0 bridgehead atoms. The van der Waals surface area contributed by atoms with Crippen LogP contribution >= 0.6 is 12.2 Å². The SMILES string of the molecule is O=C(C[C@H]1C(=O)NCCN1C(=S)NC(=O)c1ccc([N+](=O)[O-])cc1)OC[C@@H]1CCCO1. The van der Waals surface area contributed by atoms with Gasteiger partial charge < -0.3 is 19.7 Å². The molecule has 2 amide bonds. The Morgan fingerprint density at radius 2 is 2.10 bits per heavy atom. The fraction of sp³-hybridized carbons (Fsp3) is 0.474. The molecule has 0 saturated carbocycles. The molecular weight excluding hydrogens is 428 g/mol. The molecule has 1 aromatic carbocycles. The maximum Gasteiger partial charge on any atom is 0.308 e. The van der Waals surface area contributed by atoms with Crippen LogP contribution in [0.4, 0.5) is 5.69 Å². The lowest BCUT2D eigenvalue weighted by Gasteiger charge is -2.36. The van der Waals surface area contributed by atoms with Gasteiger partial charge in [0.25, 0.3) is 11.6 Å². The van der Waals surface area contributed by atoms with Crippen molar-refractivity contribution in [2.75, 3.05) is 26.3 Å². The van der Waals surface area contributed by atoms with E-state index in [2.05, 4.69) is 10.6 Å². The Bertz CT molecular complexity index is 871. The van der Waals surface area contributed by atoms with Crippen LogP contribution in [0.25, 0.3) is 0 Å². The summed E-state index contributed by atoms with van der Waals surface area (Å²) < 4.78 is 10.6. The molecule has 166 valence electrons. The highest BCUT2D eigenvalue weighted by Gasteiger charge is 2.34. The van der Waals surface area contributed by atoms with Crippen LogP contribution in [0.2, 0.25) is 0 Å². The molecule has 2 atom stereocenters. The van der Waals surface area contributed by atoms with Gasteiger partial charge >= 0.3 is 5.97 Å². The lowest BCUT2D eigenvalue weighted by atomic mass is 10.1. The van der Waals surface area contributed by atoms with Crippen molar-refractivity contribution >= 4 is 40.8 Å². The van der Waals surface area contributed by atoms with Gasteiger partial charge in [-0.3, -0.25) is 29.8 Å². The Morgan fingerprint density at radius 3 is 2.74 bits per heavy atom. The Labute approximate surface area is 183 Å². The number of nitro benzene ring substituents is 1. The zero-order valence-electron chi connectivity index (χ0n) is 16.6. The highest BCUT2D eigenvalue weighted by molar-refractivity contribution is 7.80. The molecule has 0 radical (unpaired) electrons. The minimum Gasteiger partial charge on any atom is -0.463 e. The molecule has 31 heavy (non-hydrogen) atoms. The first-order valence-corrected chi connectivity index (χ1v) is 10.2. The second-order valence-electron chi connectivity index (χ2n) is 7.09. The van der Waals surface area contributed by atoms with Gasteiger partial charge in [0.15, 0.2) is 5.11 Å². The Balaban J connectivity index is 1.59. The lowest BCUT2D eigenvalue weighted by Crippen LogP contribution is -2.60. The average molecular weight is 450 g/mol. The van der Waals surface area contributed by atoms with E-state index in [1.165, 1.54) is 29.2 Å². The number of amides is 2. The van der Waals surface area contributed by atoms with E-state index in [9.17, 15) is 24.5 Å². The molecule has 2 heterocycles. The van der Waals surface area contributed by atoms with Crippen LogP contribution in [0, 0.1) is 10.1 Å². The first kappa shape index (κ1) is 22.6. The van der Waals surface area contributed by atoms with Crippen LogP contribution < -0.4 is 10.6 Å². The van der Waals surface area contributed by atoms with Gasteiger partial charge in [-0.05, 0) is 37.2 Å². The number of rotatable bonds is 6. The van der Waals surface area contributed by atoms with Gasteiger partial charge in [0.1, 0.15) is 12.6 Å². The number of thiocarbonyl (C=S) groups is 1. The highest BCUT2D eigenvalue weighted by atomic mass is 32.1. The highest BCUT2D eigenvalue weighted by Crippen LogP contribution is 2.15. The molecule has 2 fully saturated rings. The van der Waals surface area contributed by atoms with E-state index in [0.717, 1.165) is 12.8 Å². The van der Waals surface area contributed by atoms with Crippen LogP contribution in [0.3, 0.4) is 0 Å². The van der Waals surface area contributed by atoms with Crippen LogP contribution in [0.15, 0.2) is 24.3 Å². The van der Waals surface area contributed by atoms with E-state index in [4.69, 9.17) is 21.7 Å². The second kappa shape index (κ2) is 10.3. The summed E-state index contributed by atoms with van der Waals surface area (Å²) in [7, 11) is 0. The van der Waals surface area contributed by atoms with Gasteiger partial charge in [-0.15, -0.1) is 0 Å². The monoisotopic (exact) mass is 450 g/mol. The van der Waals surface area contributed by atoms with Crippen LogP contribution in [-0.4, -0.2) is 71.2 Å². The van der Waals surface area contributed by atoms with E-state index in [-0.39, 0.29) is 35.5 Å². The predicted octanol–water partition coefficient (Wildman–Crippen LogP) is 0.522. The van der Waals surface area contributed by atoms with E-state index in [1.54, 1.807) is 0 Å². The zero-order chi connectivity index (χ0) is 22.4. The molecular formula is C19H22N4O7S. The summed E-state index contributed by atoms with van der Waals surface area (Å²) in [6.45, 7) is 1.38. The maximum atomic E-state index is 12.4. The number of piperazine rings is 1. The summed E-state index contributed by atoms with van der Waals surface area (Å²) in [6, 6.07) is 4.10. The maximum absolute atomic E-state index is 12.4. The number of nitrogens with one attached hydrogen (secondary N) is 2. The van der Waals surface area contributed by atoms with Crippen LogP contribution in [0.1, 0.15) is 29.6 Å². The van der Waals surface area contributed by atoms with Gasteiger partial charge in [0.2, 0.25) is 5.91 Å². The van der Waals surface area contributed by atoms with Gasteiger partial charge in [0, 0.05) is 37.4 Å². The second-order valence-corrected chi connectivity index (χ2v) is 7.47. The zero-order valence-corrected chi connectivity index (χ0v) is 17.4. The van der Waals surface area contributed by atoms with Crippen molar-refractivity contribution in [1.82, 2.24) is 15.5 Å². The third-order valence-corrected chi connectivity index (χ3v) is 5.30. The fourth-order valence-electron chi connectivity index (χ4n) is 3.31. The van der Waals surface area contributed by atoms with Crippen molar-refractivity contribution in [3.63, 3.8) is 0 Å². The number of esters is 1. The minimum atomic E-state index is -0.921. The summed E-state index contributed by atoms with van der Waals surface area (Å²) in [4.78, 5) is 48.7. The summed E-state index contributed by atoms with van der Waals surface area (Å²) in [5.41, 5.74) is 0.0235. The number of benzene rings is 1. The third kappa shape index (κ3) is 5.95. The molecule has 3 rings (SSSR count). The van der Waals surface area contributed by atoms with E-state index in [0.29, 0.717) is 19.7 Å². The fourth-order valence-corrected chi connectivity index (χ4v) is 3.63. The third-order valence-electron chi connectivity index (χ3n) is 4.97. The summed E-state index contributed by atoms with van der Waals surface area (Å²) >= 11 is 5.29. The standard InChI is InChI=1S/C19H22N4O7S/c24-16(30-11-14-2-1-9-29-14)10-15-18(26)20-7-8-22(15)19(31)21-17(25)12-3-5-13(6-4-12)23(27)28/h3-6,14-15H,1-2,7-11H2,(H,20,26)(H,21,25,31)/t14-,15-/m0/s1. The van der Waals surface area contributed by atoms with Crippen molar-refractivity contribution < 1.29 is 28.8 Å². The van der Waals surface area contributed by atoms with Crippen molar-refractivity contribution in [3.05, 3.63) is 39.9 Å². The summed E-state index contributed by atoms with van der Waals surface area (Å²) in [5.74, 6) is -1.54. The van der Waals surface area contributed by atoms with Gasteiger partial charge in [-0.2, -0.15) is 0 Å². The Kier molecular flexibility index (Phi) is 7.47. The van der Waals surface area contributed by atoms with Crippen LogP contribution in [0.5, 0.6) is 0 Å². The number of carbonyl (C=O) groups is 3. The normalized spacial score (nSPS) is 20.6. The van der Waals surface area contributed by atoms with Crippen molar-refractivity contribution in [1.29, 1.82) is 0 Å². The number of non-ortho nitro benzene ring substituents is 1. The summed E-state index contributed by atoms with van der Waals surface area (Å²) in [5, 5.41) is 15.9. The lowest BCUT2D eigenvalue weighted by molar-refractivity contribution is -0.384. The Hall–Kier alpha value is -3.12. The van der Waals surface area contributed by atoms with E-state index < -0.39 is 28.7 Å². The predicted molar refractivity (Wildman–Crippen MR) is 111 cm³/mol. The molecule has 0 aromatic heterocycles. The van der Waals surface area contributed by atoms with Crippen molar-refractivity contribution in [2.45, 2.75) is 31.4 Å². The molecule has 2 aliphatic heterocycles. The average Bonchev–Trinajstić information content (AvgIpc) is 3.27. The number of ether oxygens (including phenoxy) is 2. The topological polar surface area (TPSA) is 140 Å². The first-order valence-electron chi connectivity index (χ1n) is 9.76. The summed E-state index contributed by atoms with van der Waals surface area (Å²) in [6.07, 6.45) is 1.39. The van der Waals surface area contributed by atoms with Crippen molar-refractivity contribution in [2.24, 2.45) is 0 Å². The number of nitrogens with zero attached hydrogens (tertiary/aromatic N) is 2. The molecule has 11 nitrogen and oxygen atoms in total. The van der Waals surface area contributed by atoms with Gasteiger partial charge in [0.05, 0.1) is 17.4 Å². The molecule has 0 aliphatic carbocycles. The molecule has 1 aromatic rings. The molecule has 0 spiro atoms. The number of nitro groups is 1. The quantitative estimate of drug-likeness (QED) is 0.275. The van der Waals surface area contributed by atoms with Gasteiger partial charge in [-0.25, -0.2) is 0 Å². The van der Waals surface area contributed by atoms with E-state index in [1.807, 2.05) is 0 Å². The Morgan fingerprint density at radius 1 is 1.35 bits per heavy atom. The molecule has 2 N–H and O–H groups in total. The molecule has 12 heteroatoms. The van der Waals surface area contributed by atoms with E-state index >= 15 is 0 Å². The van der Waals surface area contributed by atoms with Gasteiger partial charge in [-0.1, -0.05) is 0 Å². The van der Waals surface area contributed by atoms with Crippen LogP contribution in [-0.2, 0) is 19.1 Å². The number of carbonyl (C=O) groups excluding carboxylic acids is 3. The molecule has 2 saturated heterocycles. The minimum absolute atomic E-state index is 0.0184.